The van der Waals surface area contributed by atoms with Gasteiger partial charge in [-0.2, -0.15) is 5.10 Å². The molecule has 0 saturated heterocycles. The number of amides is 3. The third kappa shape index (κ3) is 4.74. The van der Waals surface area contributed by atoms with Crippen molar-refractivity contribution in [3.8, 4) is 17.1 Å². The Bertz CT molecular complexity index is 1540. The van der Waals surface area contributed by atoms with E-state index in [1.54, 1.807) is 54.4 Å². The van der Waals surface area contributed by atoms with E-state index in [0.29, 0.717) is 54.3 Å². The zero-order chi connectivity index (χ0) is 27.7. The largest absolute Gasteiger partial charge is 0.497 e. The second kappa shape index (κ2) is 10.4. The first-order chi connectivity index (χ1) is 18.8. The monoisotopic (exact) mass is 527 g/mol. The van der Waals surface area contributed by atoms with Gasteiger partial charge in [-0.1, -0.05) is 6.92 Å². The van der Waals surface area contributed by atoms with Crippen molar-refractivity contribution in [2.45, 2.75) is 26.3 Å². The predicted molar refractivity (Wildman–Crippen MR) is 144 cm³/mol. The Labute approximate surface area is 225 Å². The Balaban J connectivity index is 1.44. The van der Waals surface area contributed by atoms with Crippen LogP contribution in [0.25, 0.3) is 11.4 Å². The quantitative estimate of drug-likeness (QED) is 0.375. The minimum absolute atomic E-state index is 0.0382. The molecular weight excluding hydrogens is 498 g/mol. The second-order valence-electron chi connectivity index (χ2n) is 9.19. The lowest BCUT2D eigenvalue weighted by Crippen LogP contribution is -2.39. The summed E-state index contributed by atoms with van der Waals surface area (Å²) in [4.78, 5) is 45.7. The molecule has 1 aliphatic heterocycles. The minimum Gasteiger partial charge on any atom is -0.497 e. The van der Waals surface area contributed by atoms with Crippen LogP contribution in [0, 0.1) is 0 Å². The first-order valence-electron chi connectivity index (χ1n) is 12.6. The van der Waals surface area contributed by atoms with Gasteiger partial charge in [0.15, 0.2) is 5.69 Å². The number of methoxy groups -OCH3 is 1. The van der Waals surface area contributed by atoms with Crippen LogP contribution in [-0.4, -0.2) is 62.7 Å². The molecule has 11 heteroatoms. The van der Waals surface area contributed by atoms with E-state index in [-0.39, 0.29) is 17.5 Å². The van der Waals surface area contributed by atoms with E-state index in [9.17, 15) is 14.4 Å². The second-order valence-corrected chi connectivity index (χ2v) is 9.19. The predicted octanol–water partition coefficient (Wildman–Crippen LogP) is 2.74. The zero-order valence-corrected chi connectivity index (χ0v) is 22.0. The number of benzene rings is 2. The summed E-state index contributed by atoms with van der Waals surface area (Å²) in [5.41, 5.74) is 8.74. The number of aromatic nitrogens is 4. The van der Waals surface area contributed by atoms with Gasteiger partial charge in [0, 0.05) is 49.3 Å². The number of imidazole rings is 1. The number of nitrogens with zero attached hydrogens (tertiary/aromatic N) is 6. The van der Waals surface area contributed by atoms with Crippen LogP contribution in [0.3, 0.4) is 0 Å². The number of anilines is 1. The maximum atomic E-state index is 13.8. The molecule has 200 valence electrons. The van der Waals surface area contributed by atoms with Gasteiger partial charge in [-0.15, -0.1) is 0 Å². The Kier molecular flexibility index (Phi) is 6.88. The Morgan fingerprint density at radius 2 is 1.72 bits per heavy atom. The van der Waals surface area contributed by atoms with Crippen LogP contribution in [0.2, 0.25) is 0 Å². The van der Waals surface area contributed by atoms with Crippen molar-refractivity contribution in [3.63, 3.8) is 0 Å². The normalized spacial score (nSPS) is 12.8. The molecule has 0 unspecified atom stereocenters. The third-order valence-corrected chi connectivity index (χ3v) is 6.83. The van der Waals surface area contributed by atoms with Gasteiger partial charge in [-0.05, 0) is 55.0 Å². The molecule has 3 amide bonds. The van der Waals surface area contributed by atoms with Gasteiger partial charge < -0.3 is 24.8 Å². The van der Waals surface area contributed by atoms with Crippen molar-refractivity contribution in [2.24, 2.45) is 5.73 Å². The SMILES string of the molecule is CCC(=O)N(C)Cc1nccn1-c1ccc(N2CCc3c(C(N)=O)nn(-c4ccc(OC)cc4)c3C2=O)cc1. The Morgan fingerprint density at radius 1 is 1.05 bits per heavy atom. The highest BCUT2D eigenvalue weighted by Gasteiger charge is 2.34. The maximum absolute atomic E-state index is 13.8. The molecule has 2 aromatic heterocycles. The molecule has 4 aromatic rings. The van der Waals surface area contributed by atoms with Crippen LogP contribution < -0.4 is 15.4 Å². The van der Waals surface area contributed by atoms with E-state index in [0.717, 1.165) is 11.5 Å². The number of hydrogen-bond acceptors (Lipinski definition) is 6. The summed E-state index contributed by atoms with van der Waals surface area (Å²) >= 11 is 0. The molecule has 0 saturated carbocycles. The average Bonchev–Trinajstić information content (AvgIpc) is 3.58. The third-order valence-electron chi connectivity index (χ3n) is 6.83. The summed E-state index contributed by atoms with van der Waals surface area (Å²) in [6.45, 7) is 2.58. The van der Waals surface area contributed by atoms with Gasteiger partial charge in [0.2, 0.25) is 5.91 Å². The number of primary amides is 1. The molecule has 2 aromatic carbocycles. The molecule has 2 N–H and O–H groups in total. The summed E-state index contributed by atoms with van der Waals surface area (Å²) in [5, 5.41) is 4.41. The van der Waals surface area contributed by atoms with E-state index in [1.807, 2.05) is 42.0 Å². The number of rotatable bonds is 8. The lowest BCUT2D eigenvalue weighted by atomic mass is 10.0. The number of carbonyl (C=O) groups excluding carboxylic acids is 3. The molecule has 0 aliphatic carbocycles. The molecule has 3 heterocycles. The van der Waals surface area contributed by atoms with Crippen LogP contribution in [0.5, 0.6) is 5.75 Å². The summed E-state index contributed by atoms with van der Waals surface area (Å²) in [5.74, 6) is 0.478. The van der Waals surface area contributed by atoms with Crippen LogP contribution >= 0.6 is 0 Å². The zero-order valence-electron chi connectivity index (χ0n) is 22.0. The summed E-state index contributed by atoms with van der Waals surface area (Å²) < 4.78 is 8.62. The first kappa shape index (κ1) is 25.7. The fourth-order valence-electron chi connectivity index (χ4n) is 4.76. The van der Waals surface area contributed by atoms with Gasteiger partial charge in [-0.3, -0.25) is 14.4 Å². The Hall–Kier alpha value is -4.93. The van der Waals surface area contributed by atoms with Gasteiger partial charge in [0.1, 0.15) is 17.3 Å². The smallest absolute Gasteiger partial charge is 0.277 e. The van der Waals surface area contributed by atoms with E-state index >= 15 is 0 Å². The van der Waals surface area contributed by atoms with Crippen LogP contribution in [0.1, 0.15) is 45.7 Å². The molecular formula is C28H29N7O4. The molecule has 11 nitrogen and oxygen atoms in total. The van der Waals surface area contributed by atoms with Crippen molar-refractivity contribution < 1.29 is 19.1 Å². The van der Waals surface area contributed by atoms with E-state index < -0.39 is 5.91 Å². The molecule has 0 spiro atoms. The van der Waals surface area contributed by atoms with Crippen molar-refractivity contribution in [2.75, 3.05) is 25.6 Å². The number of carbonyl (C=O) groups is 3. The summed E-state index contributed by atoms with van der Waals surface area (Å²) in [6, 6.07) is 14.6. The van der Waals surface area contributed by atoms with Gasteiger partial charge in [-0.25, -0.2) is 9.67 Å². The molecule has 0 fully saturated rings. The number of hydrogen-bond donors (Lipinski definition) is 1. The van der Waals surface area contributed by atoms with Crippen molar-refractivity contribution in [3.05, 3.63) is 83.7 Å². The fraction of sp³-hybridized carbons (Fsp3) is 0.250. The minimum atomic E-state index is -0.675. The van der Waals surface area contributed by atoms with Crippen LogP contribution in [-0.2, 0) is 17.8 Å². The molecule has 39 heavy (non-hydrogen) atoms. The number of fused-ring (bicyclic) bond motifs is 1. The van der Waals surface area contributed by atoms with Gasteiger partial charge in [0.05, 0.1) is 19.3 Å². The maximum Gasteiger partial charge on any atom is 0.277 e. The topological polar surface area (TPSA) is 129 Å². The highest BCUT2D eigenvalue weighted by molar-refractivity contribution is 6.09. The van der Waals surface area contributed by atoms with Gasteiger partial charge in [0.25, 0.3) is 11.8 Å². The van der Waals surface area contributed by atoms with Gasteiger partial charge >= 0.3 is 0 Å². The molecule has 5 rings (SSSR count). The van der Waals surface area contributed by atoms with Crippen molar-refractivity contribution in [1.82, 2.24) is 24.2 Å². The van der Waals surface area contributed by atoms with Crippen molar-refractivity contribution in [1.29, 1.82) is 0 Å². The fourth-order valence-corrected chi connectivity index (χ4v) is 4.76. The highest BCUT2D eigenvalue weighted by atomic mass is 16.5. The van der Waals surface area contributed by atoms with E-state index in [2.05, 4.69) is 10.1 Å². The summed E-state index contributed by atoms with van der Waals surface area (Å²) in [6.07, 6.45) is 4.39. The average molecular weight is 528 g/mol. The lowest BCUT2D eigenvalue weighted by Gasteiger charge is -2.28. The first-order valence-corrected chi connectivity index (χ1v) is 12.6. The number of ether oxygens (including phenoxy) is 1. The molecule has 1 aliphatic rings. The molecule has 0 bridgehead atoms. The Morgan fingerprint density at radius 3 is 2.36 bits per heavy atom. The van der Waals surface area contributed by atoms with E-state index in [1.165, 1.54) is 4.68 Å². The molecule has 0 atom stereocenters. The molecule has 0 radical (unpaired) electrons. The van der Waals surface area contributed by atoms with Crippen LogP contribution in [0.15, 0.2) is 60.9 Å². The van der Waals surface area contributed by atoms with Crippen molar-refractivity contribution >= 4 is 23.4 Å². The summed E-state index contributed by atoms with van der Waals surface area (Å²) in [7, 11) is 3.33. The van der Waals surface area contributed by atoms with Crippen LogP contribution in [0.4, 0.5) is 5.69 Å². The number of nitrogens with two attached hydrogens (primary N) is 1. The highest BCUT2D eigenvalue weighted by Crippen LogP contribution is 2.30. The van der Waals surface area contributed by atoms with E-state index in [4.69, 9.17) is 10.5 Å². The standard InChI is InChI=1S/C28H29N7O4/c1-4-24(36)32(2)17-23-30-14-16-33(23)18-5-7-19(8-6-18)34-15-13-22-25(27(29)37)31-35(26(22)28(34)38)20-9-11-21(39-3)12-10-20/h5-12,14,16H,4,13,15,17H2,1-3H3,(H2,29,37). The lowest BCUT2D eigenvalue weighted by molar-refractivity contribution is -0.130.